The molecule has 29 heavy (non-hydrogen) atoms. The van der Waals surface area contributed by atoms with Crippen molar-refractivity contribution < 1.29 is 9.84 Å². The van der Waals surface area contributed by atoms with E-state index in [4.69, 9.17) is 16.3 Å². The van der Waals surface area contributed by atoms with Crippen molar-refractivity contribution in [3.05, 3.63) is 57.6 Å². The number of β-amino-alcohol motifs (C(OH)–C–C–N with tert-alkyl or cyclic N) is 1. The van der Waals surface area contributed by atoms with Gasteiger partial charge in [0.25, 0.3) is 0 Å². The fourth-order valence-corrected chi connectivity index (χ4v) is 4.19. The lowest BCUT2D eigenvalue weighted by atomic mass is 10.1. The molecule has 2 aromatic rings. The Bertz CT molecular complexity index is 798. The number of halogens is 2. The molecule has 0 aliphatic carbocycles. The summed E-state index contributed by atoms with van der Waals surface area (Å²) in [5, 5.41) is 11.2. The molecule has 0 bridgehead atoms. The van der Waals surface area contributed by atoms with Gasteiger partial charge in [-0.1, -0.05) is 35.4 Å². The van der Waals surface area contributed by atoms with Crippen LogP contribution in [-0.2, 0) is 0 Å². The van der Waals surface area contributed by atoms with E-state index in [-0.39, 0.29) is 12.4 Å². The quantitative estimate of drug-likeness (QED) is 0.716. The van der Waals surface area contributed by atoms with Crippen LogP contribution < -0.4 is 9.64 Å². The number of hydrogen-bond donors (Lipinski definition) is 1. The first-order valence-electron chi connectivity index (χ1n) is 9.95. The Labute approximate surface area is 185 Å². The van der Waals surface area contributed by atoms with Crippen LogP contribution in [0.3, 0.4) is 0 Å². The zero-order chi connectivity index (χ0) is 20.3. The summed E-state index contributed by atoms with van der Waals surface area (Å²) >= 11 is 6.17. The third-order valence-electron chi connectivity index (χ3n) is 5.38. The minimum Gasteiger partial charge on any atom is -0.490 e. The van der Waals surface area contributed by atoms with E-state index in [9.17, 15) is 5.11 Å². The maximum absolute atomic E-state index is 10.5. The minimum atomic E-state index is -0.500. The number of benzene rings is 2. The number of hydrogen-bond acceptors (Lipinski definition) is 4. The van der Waals surface area contributed by atoms with Crippen molar-refractivity contribution in [2.75, 3.05) is 44.2 Å². The zero-order valence-corrected chi connectivity index (χ0v) is 19.3. The third-order valence-corrected chi connectivity index (χ3v) is 5.61. The molecule has 0 spiro atoms. The third kappa shape index (κ3) is 6.26. The van der Waals surface area contributed by atoms with Gasteiger partial charge in [-0.25, -0.2) is 0 Å². The molecule has 4 nitrogen and oxygen atoms in total. The van der Waals surface area contributed by atoms with E-state index >= 15 is 0 Å². The average Bonchev–Trinajstić information content (AvgIpc) is 2.63. The van der Waals surface area contributed by atoms with Crippen molar-refractivity contribution in [1.29, 1.82) is 0 Å². The molecule has 1 atom stereocenters. The molecule has 3 rings (SSSR count). The molecule has 1 heterocycles. The number of ether oxygens (including phenoxy) is 1. The summed E-state index contributed by atoms with van der Waals surface area (Å²) in [6.45, 7) is 13.0. The van der Waals surface area contributed by atoms with Crippen LogP contribution in [0.15, 0.2) is 30.3 Å². The molecule has 160 valence electrons. The van der Waals surface area contributed by atoms with E-state index in [2.05, 4.69) is 55.7 Å². The fraction of sp³-hybridized carbons (Fsp3) is 0.478. The highest BCUT2D eigenvalue weighted by Gasteiger charge is 2.21. The van der Waals surface area contributed by atoms with Crippen LogP contribution in [0.5, 0.6) is 5.75 Å². The molecule has 1 aliphatic heterocycles. The van der Waals surface area contributed by atoms with Gasteiger partial charge in [0.05, 0.1) is 0 Å². The molecule has 0 amide bonds. The van der Waals surface area contributed by atoms with Crippen molar-refractivity contribution >= 4 is 29.7 Å². The van der Waals surface area contributed by atoms with Gasteiger partial charge in [-0.2, -0.15) is 0 Å². The monoisotopic (exact) mass is 438 g/mol. The lowest BCUT2D eigenvalue weighted by molar-refractivity contribution is 0.0658. The molecule has 6 heteroatoms. The van der Waals surface area contributed by atoms with Crippen molar-refractivity contribution in [2.45, 2.75) is 33.8 Å². The van der Waals surface area contributed by atoms with Crippen molar-refractivity contribution in [3.8, 4) is 5.75 Å². The maximum atomic E-state index is 10.5. The van der Waals surface area contributed by atoms with Gasteiger partial charge >= 0.3 is 0 Å². The standard InChI is InChI=1S/C23H31ClN2O2.ClH/c1-16-11-18(3)23(19(4)12-16)28-15-21(27)14-25-7-9-26(10-8-25)22-13-20(24)6-5-17(22)2;/h5-6,11-13,21,27H,7-10,14-15H2,1-4H3;1H. The number of aliphatic hydroxyl groups is 1. The lowest BCUT2D eigenvalue weighted by Crippen LogP contribution is -2.49. The Kier molecular flexibility index (Phi) is 8.65. The SMILES string of the molecule is Cc1cc(C)c(OCC(O)CN2CCN(c3cc(Cl)ccc3C)CC2)c(C)c1.Cl. The van der Waals surface area contributed by atoms with Gasteiger partial charge in [0.2, 0.25) is 0 Å². The van der Waals surface area contributed by atoms with Gasteiger partial charge in [0.1, 0.15) is 18.5 Å². The smallest absolute Gasteiger partial charge is 0.125 e. The van der Waals surface area contributed by atoms with Crippen LogP contribution in [0, 0.1) is 27.7 Å². The first-order valence-corrected chi connectivity index (χ1v) is 10.3. The molecule has 2 aromatic carbocycles. The summed E-state index contributed by atoms with van der Waals surface area (Å²) < 4.78 is 5.94. The van der Waals surface area contributed by atoms with Gasteiger partial charge in [-0.05, 0) is 56.5 Å². The highest BCUT2D eigenvalue weighted by atomic mass is 35.5. The predicted molar refractivity (Wildman–Crippen MR) is 124 cm³/mol. The second-order valence-electron chi connectivity index (χ2n) is 7.91. The van der Waals surface area contributed by atoms with Crippen molar-refractivity contribution in [1.82, 2.24) is 4.90 Å². The van der Waals surface area contributed by atoms with Gasteiger partial charge < -0.3 is 14.7 Å². The van der Waals surface area contributed by atoms with Gasteiger partial charge in [-0.3, -0.25) is 4.90 Å². The molecule has 1 N–H and O–H groups in total. The predicted octanol–water partition coefficient (Wildman–Crippen LogP) is 4.56. The van der Waals surface area contributed by atoms with E-state index < -0.39 is 6.10 Å². The maximum Gasteiger partial charge on any atom is 0.125 e. The molecule has 0 saturated carbocycles. The summed E-state index contributed by atoms with van der Waals surface area (Å²) in [6, 6.07) is 10.3. The van der Waals surface area contributed by atoms with Crippen LogP contribution >= 0.6 is 24.0 Å². The van der Waals surface area contributed by atoms with Crippen molar-refractivity contribution in [2.24, 2.45) is 0 Å². The van der Waals surface area contributed by atoms with Crippen molar-refractivity contribution in [3.63, 3.8) is 0 Å². The second-order valence-corrected chi connectivity index (χ2v) is 8.35. The Morgan fingerprint density at radius 3 is 2.21 bits per heavy atom. The lowest BCUT2D eigenvalue weighted by Gasteiger charge is -2.37. The number of nitrogens with zero attached hydrogens (tertiary/aromatic N) is 2. The molecule has 1 unspecified atom stereocenters. The zero-order valence-electron chi connectivity index (χ0n) is 17.7. The first kappa shape index (κ1) is 23.8. The van der Waals surface area contributed by atoms with Crippen LogP contribution in [-0.4, -0.2) is 55.4 Å². The van der Waals surface area contributed by atoms with E-state index in [1.165, 1.54) is 16.8 Å². The summed E-state index contributed by atoms with van der Waals surface area (Å²) in [6.07, 6.45) is -0.500. The van der Waals surface area contributed by atoms with Crippen LogP contribution in [0.4, 0.5) is 5.69 Å². The Morgan fingerprint density at radius 2 is 1.59 bits per heavy atom. The van der Waals surface area contributed by atoms with E-state index in [1.54, 1.807) is 0 Å². The van der Waals surface area contributed by atoms with E-state index in [0.29, 0.717) is 13.2 Å². The largest absolute Gasteiger partial charge is 0.490 e. The summed E-state index contributed by atoms with van der Waals surface area (Å²) in [5.74, 6) is 0.894. The van der Waals surface area contributed by atoms with Crippen LogP contribution in [0.25, 0.3) is 0 Å². The van der Waals surface area contributed by atoms with E-state index in [0.717, 1.165) is 48.1 Å². The summed E-state index contributed by atoms with van der Waals surface area (Å²) in [4.78, 5) is 4.68. The fourth-order valence-electron chi connectivity index (χ4n) is 4.02. The number of anilines is 1. The topological polar surface area (TPSA) is 35.9 Å². The summed E-state index contributed by atoms with van der Waals surface area (Å²) in [5.41, 5.74) is 5.93. The second kappa shape index (κ2) is 10.5. The Morgan fingerprint density at radius 1 is 0.966 bits per heavy atom. The Hall–Kier alpha value is -1.46. The van der Waals surface area contributed by atoms with Gasteiger partial charge in [0.15, 0.2) is 0 Å². The Balaban J connectivity index is 0.00000300. The molecule has 1 saturated heterocycles. The highest BCUT2D eigenvalue weighted by Crippen LogP contribution is 2.26. The molecular formula is C23H32Cl2N2O2. The molecule has 1 fully saturated rings. The average molecular weight is 439 g/mol. The molecule has 0 radical (unpaired) electrons. The summed E-state index contributed by atoms with van der Waals surface area (Å²) in [7, 11) is 0. The van der Waals surface area contributed by atoms with Crippen LogP contribution in [0.2, 0.25) is 5.02 Å². The van der Waals surface area contributed by atoms with E-state index in [1.807, 2.05) is 12.1 Å². The van der Waals surface area contributed by atoms with Gasteiger partial charge in [0, 0.05) is 43.4 Å². The molecular weight excluding hydrogens is 407 g/mol. The number of aliphatic hydroxyl groups excluding tert-OH is 1. The number of rotatable bonds is 6. The molecule has 0 aromatic heterocycles. The first-order chi connectivity index (χ1) is 13.3. The highest BCUT2D eigenvalue weighted by molar-refractivity contribution is 6.30. The normalized spacial score (nSPS) is 15.7. The van der Waals surface area contributed by atoms with Gasteiger partial charge in [-0.15, -0.1) is 12.4 Å². The number of aryl methyl sites for hydroxylation is 4. The number of piperazine rings is 1. The minimum absolute atomic E-state index is 0. The molecule has 1 aliphatic rings. The van der Waals surface area contributed by atoms with Crippen LogP contribution in [0.1, 0.15) is 22.3 Å².